The third kappa shape index (κ3) is 3.10. The minimum absolute atomic E-state index is 0.0509. The molecule has 0 radical (unpaired) electrons. The summed E-state index contributed by atoms with van der Waals surface area (Å²) in [5.41, 5.74) is 0. The zero-order valence-corrected chi connectivity index (χ0v) is 11.7. The molecule has 9 heteroatoms. The molecule has 0 spiro atoms. The monoisotopic (exact) mass is 293 g/mol. The van der Waals surface area contributed by atoms with Crippen molar-refractivity contribution in [1.82, 2.24) is 30.5 Å². The number of piperidine rings is 1. The lowest BCUT2D eigenvalue weighted by molar-refractivity contribution is -0.122. The molecule has 2 aromatic heterocycles. The topological polar surface area (TPSA) is 88.8 Å². The first-order valence-electron chi connectivity index (χ1n) is 6.46. The van der Waals surface area contributed by atoms with Gasteiger partial charge in [-0.05, 0) is 23.3 Å². The second-order valence-electron chi connectivity index (χ2n) is 4.65. The number of hydrogen-bond acceptors (Lipinski definition) is 7. The molecule has 20 heavy (non-hydrogen) atoms. The van der Waals surface area contributed by atoms with Crippen molar-refractivity contribution in [3.05, 3.63) is 17.9 Å². The first-order chi connectivity index (χ1) is 9.81. The Hall–Kier alpha value is -2.03. The van der Waals surface area contributed by atoms with Crippen molar-refractivity contribution >= 4 is 22.4 Å². The highest BCUT2D eigenvalue weighted by molar-refractivity contribution is 7.13. The summed E-state index contributed by atoms with van der Waals surface area (Å²) in [6.45, 7) is 2.01. The summed E-state index contributed by atoms with van der Waals surface area (Å²) in [6.07, 6.45) is 5.12. The molecule has 1 aliphatic heterocycles. The highest BCUT2D eigenvalue weighted by Gasteiger charge is 2.22. The minimum atomic E-state index is -0.0509. The van der Waals surface area contributed by atoms with Gasteiger partial charge in [0.25, 0.3) is 0 Å². The Balaban J connectivity index is 1.45. The van der Waals surface area contributed by atoms with E-state index in [4.69, 9.17) is 0 Å². The van der Waals surface area contributed by atoms with Crippen LogP contribution in [0.4, 0.5) is 5.13 Å². The summed E-state index contributed by atoms with van der Waals surface area (Å²) < 4.78 is 1.42. The molecule has 0 bridgehead atoms. The van der Waals surface area contributed by atoms with E-state index in [0.29, 0.717) is 0 Å². The van der Waals surface area contributed by atoms with E-state index in [1.807, 2.05) is 11.6 Å². The molecule has 0 aliphatic carbocycles. The maximum atomic E-state index is 11.8. The van der Waals surface area contributed by atoms with Gasteiger partial charge < -0.3 is 10.2 Å². The largest absolute Gasteiger partial charge is 0.352 e. The summed E-state index contributed by atoms with van der Waals surface area (Å²) in [5.74, 6) is -0.0509. The van der Waals surface area contributed by atoms with Gasteiger partial charge in [0.2, 0.25) is 5.91 Å². The predicted octanol–water partition coefficient (Wildman–Crippen LogP) is -0.0852. The van der Waals surface area contributed by atoms with Crippen molar-refractivity contribution in [2.45, 2.75) is 25.4 Å². The van der Waals surface area contributed by atoms with E-state index in [-0.39, 0.29) is 18.5 Å². The number of nitrogens with one attached hydrogen (secondary N) is 1. The number of anilines is 1. The van der Waals surface area contributed by atoms with Crippen LogP contribution >= 0.6 is 11.3 Å². The fraction of sp³-hybridized carbons (Fsp3) is 0.545. The predicted molar refractivity (Wildman–Crippen MR) is 73.3 cm³/mol. The smallest absolute Gasteiger partial charge is 0.242 e. The second kappa shape index (κ2) is 5.95. The molecule has 2 aromatic rings. The molecule has 1 N–H and O–H groups in total. The molecule has 1 saturated heterocycles. The minimum Gasteiger partial charge on any atom is -0.352 e. The Labute approximate surface area is 119 Å². The number of amides is 1. The number of hydrogen-bond donors (Lipinski definition) is 1. The Morgan fingerprint density at radius 3 is 2.95 bits per heavy atom. The number of nitrogens with zero attached hydrogens (tertiary/aromatic N) is 6. The van der Waals surface area contributed by atoms with Gasteiger partial charge in [0.05, 0.1) is 0 Å². The molecule has 1 fully saturated rings. The highest BCUT2D eigenvalue weighted by Crippen LogP contribution is 2.21. The van der Waals surface area contributed by atoms with Crippen LogP contribution in [0.2, 0.25) is 0 Å². The molecule has 8 nitrogen and oxygen atoms in total. The first-order valence-corrected chi connectivity index (χ1v) is 7.34. The van der Waals surface area contributed by atoms with Crippen LogP contribution in [-0.4, -0.2) is 50.2 Å². The van der Waals surface area contributed by atoms with E-state index in [1.165, 1.54) is 11.0 Å². The van der Waals surface area contributed by atoms with Crippen LogP contribution in [0.1, 0.15) is 12.8 Å². The third-order valence-corrected chi connectivity index (χ3v) is 4.08. The molecular weight excluding hydrogens is 278 g/mol. The van der Waals surface area contributed by atoms with Gasteiger partial charge in [-0.3, -0.25) is 4.79 Å². The zero-order valence-electron chi connectivity index (χ0n) is 10.8. The average molecular weight is 293 g/mol. The first kappa shape index (κ1) is 13.0. The molecule has 1 aliphatic rings. The Morgan fingerprint density at radius 1 is 1.45 bits per heavy atom. The van der Waals surface area contributed by atoms with Crippen LogP contribution in [-0.2, 0) is 11.3 Å². The van der Waals surface area contributed by atoms with E-state index in [9.17, 15) is 4.79 Å². The van der Waals surface area contributed by atoms with Gasteiger partial charge in [-0.15, -0.1) is 16.4 Å². The molecule has 3 rings (SSSR count). The standard InChI is InChI=1S/C11H15N7OS/c19-10(7-18-8-13-15-16-18)14-9-1-4-17(5-2-9)11-12-3-6-20-11/h3,6,8-9H,1-2,4-5,7H2,(H,14,19). The Kier molecular flexibility index (Phi) is 3.86. The van der Waals surface area contributed by atoms with E-state index in [1.54, 1.807) is 11.3 Å². The van der Waals surface area contributed by atoms with Crippen molar-refractivity contribution < 1.29 is 4.79 Å². The molecule has 0 atom stereocenters. The molecule has 0 unspecified atom stereocenters. The highest BCUT2D eigenvalue weighted by atomic mass is 32.1. The number of aromatic nitrogens is 5. The number of rotatable bonds is 4. The quantitative estimate of drug-likeness (QED) is 0.848. The zero-order chi connectivity index (χ0) is 13.8. The fourth-order valence-corrected chi connectivity index (χ4v) is 2.96. The van der Waals surface area contributed by atoms with Crippen LogP contribution in [0.3, 0.4) is 0 Å². The Morgan fingerprint density at radius 2 is 2.30 bits per heavy atom. The van der Waals surface area contributed by atoms with Crippen molar-refractivity contribution in [2.75, 3.05) is 18.0 Å². The van der Waals surface area contributed by atoms with Gasteiger partial charge in [-0.2, -0.15) is 0 Å². The van der Waals surface area contributed by atoms with Gasteiger partial charge in [-0.1, -0.05) is 0 Å². The van der Waals surface area contributed by atoms with Crippen LogP contribution in [0.25, 0.3) is 0 Å². The van der Waals surface area contributed by atoms with Crippen LogP contribution in [0, 0.1) is 0 Å². The lowest BCUT2D eigenvalue weighted by Gasteiger charge is -2.32. The summed E-state index contributed by atoms with van der Waals surface area (Å²) in [5, 5.41) is 16.7. The summed E-state index contributed by atoms with van der Waals surface area (Å²) in [6, 6.07) is 0.218. The van der Waals surface area contributed by atoms with Gasteiger partial charge in [0.1, 0.15) is 12.9 Å². The van der Waals surface area contributed by atoms with Crippen molar-refractivity contribution in [1.29, 1.82) is 0 Å². The van der Waals surface area contributed by atoms with Crippen molar-refractivity contribution in [2.24, 2.45) is 0 Å². The van der Waals surface area contributed by atoms with Crippen LogP contribution in [0.5, 0.6) is 0 Å². The molecule has 0 aromatic carbocycles. The molecule has 0 saturated carbocycles. The molecule has 1 amide bonds. The molecular formula is C11H15N7OS. The lowest BCUT2D eigenvalue weighted by atomic mass is 10.1. The van der Waals surface area contributed by atoms with Crippen molar-refractivity contribution in [3.63, 3.8) is 0 Å². The fourth-order valence-electron chi connectivity index (χ4n) is 2.26. The normalized spacial score (nSPS) is 16.3. The lowest BCUT2D eigenvalue weighted by Crippen LogP contribution is -2.45. The van der Waals surface area contributed by atoms with E-state index in [0.717, 1.165) is 31.1 Å². The van der Waals surface area contributed by atoms with E-state index < -0.39 is 0 Å². The van der Waals surface area contributed by atoms with Gasteiger partial charge in [-0.25, -0.2) is 9.67 Å². The van der Waals surface area contributed by atoms with Crippen LogP contribution < -0.4 is 10.2 Å². The maximum Gasteiger partial charge on any atom is 0.242 e. The van der Waals surface area contributed by atoms with Crippen LogP contribution in [0.15, 0.2) is 17.9 Å². The summed E-state index contributed by atoms with van der Waals surface area (Å²) in [4.78, 5) is 18.4. The third-order valence-electron chi connectivity index (χ3n) is 3.25. The van der Waals surface area contributed by atoms with E-state index >= 15 is 0 Å². The summed E-state index contributed by atoms with van der Waals surface area (Å²) >= 11 is 1.65. The number of tetrazole rings is 1. The van der Waals surface area contributed by atoms with Crippen molar-refractivity contribution in [3.8, 4) is 0 Å². The second-order valence-corrected chi connectivity index (χ2v) is 5.52. The van der Waals surface area contributed by atoms with E-state index in [2.05, 4.69) is 30.7 Å². The van der Waals surface area contributed by atoms with Gasteiger partial charge in [0.15, 0.2) is 5.13 Å². The maximum absolute atomic E-state index is 11.8. The summed E-state index contributed by atoms with van der Waals surface area (Å²) in [7, 11) is 0. The number of carbonyl (C=O) groups excluding carboxylic acids is 1. The average Bonchev–Trinajstić information content (AvgIpc) is 3.12. The Bertz CT molecular complexity index is 533. The number of thiazole rings is 1. The van der Waals surface area contributed by atoms with Gasteiger partial charge >= 0.3 is 0 Å². The SMILES string of the molecule is O=C(Cn1cnnn1)NC1CCN(c2nccs2)CC1. The number of carbonyl (C=O) groups is 1. The molecule has 3 heterocycles. The van der Waals surface area contributed by atoms with Gasteiger partial charge in [0, 0.05) is 30.7 Å². The molecule has 106 valence electrons.